The summed E-state index contributed by atoms with van der Waals surface area (Å²) < 4.78 is 10.5. The average molecular weight is 483 g/mol. The molecule has 1 aliphatic heterocycles. The quantitative estimate of drug-likeness (QED) is 0.542. The standard InChI is InChI=1S/C27H38N4O4/c1-19(2)25(29-26(32)22-14-23(34-4)16-24(15-22)35-5)27(33)28-17-20-7-6-8-21(13-20)18-31-11-9-30(3)10-12-31/h6-8,13-16,19,25H,9-12,17-18H2,1-5H3,(H,28,33)(H,29,32). The fourth-order valence-corrected chi connectivity index (χ4v) is 4.10. The molecule has 1 fully saturated rings. The molecule has 35 heavy (non-hydrogen) atoms. The Bertz CT molecular complexity index is 980. The second kappa shape index (κ2) is 12.6. The summed E-state index contributed by atoms with van der Waals surface area (Å²) in [6.45, 7) is 9.42. The van der Waals surface area contributed by atoms with Crippen LogP contribution in [0.15, 0.2) is 42.5 Å². The lowest BCUT2D eigenvalue weighted by atomic mass is 10.0. The van der Waals surface area contributed by atoms with Gasteiger partial charge in [-0.15, -0.1) is 0 Å². The van der Waals surface area contributed by atoms with E-state index in [1.165, 1.54) is 19.8 Å². The first kappa shape index (κ1) is 26.5. The van der Waals surface area contributed by atoms with Gasteiger partial charge in [0.25, 0.3) is 5.91 Å². The van der Waals surface area contributed by atoms with Gasteiger partial charge in [-0.3, -0.25) is 14.5 Å². The zero-order valence-electron chi connectivity index (χ0n) is 21.5. The number of carbonyl (C=O) groups is 2. The highest BCUT2D eigenvalue weighted by Crippen LogP contribution is 2.22. The summed E-state index contributed by atoms with van der Waals surface area (Å²) in [6.07, 6.45) is 0. The molecule has 3 rings (SSSR count). The zero-order valence-corrected chi connectivity index (χ0v) is 21.5. The summed E-state index contributed by atoms with van der Waals surface area (Å²) in [6, 6.07) is 12.6. The van der Waals surface area contributed by atoms with Gasteiger partial charge in [0, 0.05) is 50.9 Å². The minimum Gasteiger partial charge on any atom is -0.497 e. The van der Waals surface area contributed by atoms with Crippen LogP contribution in [0.25, 0.3) is 0 Å². The molecule has 0 spiro atoms. The molecule has 1 heterocycles. The summed E-state index contributed by atoms with van der Waals surface area (Å²) >= 11 is 0. The van der Waals surface area contributed by atoms with E-state index in [4.69, 9.17) is 9.47 Å². The predicted molar refractivity (Wildman–Crippen MR) is 137 cm³/mol. The van der Waals surface area contributed by atoms with Crippen molar-refractivity contribution in [3.05, 3.63) is 59.2 Å². The number of nitrogens with one attached hydrogen (secondary N) is 2. The first-order valence-corrected chi connectivity index (χ1v) is 12.1. The van der Waals surface area contributed by atoms with Gasteiger partial charge < -0.3 is 25.0 Å². The van der Waals surface area contributed by atoms with E-state index in [2.05, 4.69) is 39.6 Å². The molecule has 2 amide bonds. The van der Waals surface area contributed by atoms with Crippen molar-refractivity contribution >= 4 is 11.8 Å². The van der Waals surface area contributed by atoms with Gasteiger partial charge in [0.15, 0.2) is 0 Å². The highest BCUT2D eigenvalue weighted by Gasteiger charge is 2.25. The number of carbonyl (C=O) groups excluding carboxylic acids is 2. The van der Waals surface area contributed by atoms with E-state index in [1.54, 1.807) is 18.2 Å². The Labute approximate surface area is 208 Å². The summed E-state index contributed by atoms with van der Waals surface area (Å²) in [7, 11) is 5.21. The molecule has 1 atom stereocenters. The number of benzene rings is 2. The lowest BCUT2D eigenvalue weighted by Crippen LogP contribution is -2.49. The van der Waals surface area contributed by atoms with Crippen LogP contribution in [0.3, 0.4) is 0 Å². The van der Waals surface area contributed by atoms with E-state index >= 15 is 0 Å². The Morgan fingerprint density at radius 2 is 1.57 bits per heavy atom. The SMILES string of the molecule is COc1cc(OC)cc(C(=O)NC(C(=O)NCc2cccc(CN3CCN(C)CC3)c2)C(C)C)c1. The summed E-state index contributed by atoms with van der Waals surface area (Å²) in [5, 5.41) is 5.86. The van der Waals surface area contributed by atoms with E-state index in [9.17, 15) is 9.59 Å². The Morgan fingerprint density at radius 3 is 2.17 bits per heavy atom. The molecule has 1 unspecified atom stereocenters. The molecule has 0 bridgehead atoms. The number of rotatable bonds is 10. The van der Waals surface area contributed by atoms with Gasteiger partial charge in [0.2, 0.25) is 5.91 Å². The molecule has 8 nitrogen and oxygen atoms in total. The van der Waals surface area contributed by atoms with E-state index in [1.807, 2.05) is 26.0 Å². The minimum absolute atomic E-state index is 0.0879. The van der Waals surface area contributed by atoms with Gasteiger partial charge >= 0.3 is 0 Å². The summed E-state index contributed by atoms with van der Waals surface area (Å²) in [5.74, 6) is 0.362. The van der Waals surface area contributed by atoms with Gasteiger partial charge in [-0.25, -0.2) is 0 Å². The van der Waals surface area contributed by atoms with Crippen LogP contribution in [0.1, 0.15) is 35.3 Å². The van der Waals surface area contributed by atoms with Crippen LogP contribution < -0.4 is 20.1 Å². The van der Waals surface area contributed by atoms with Crippen molar-refractivity contribution in [1.82, 2.24) is 20.4 Å². The van der Waals surface area contributed by atoms with Crippen LogP contribution in [-0.2, 0) is 17.9 Å². The molecule has 0 aromatic heterocycles. The minimum atomic E-state index is -0.673. The number of methoxy groups -OCH3 is 2. The number of amides is 2. The second-order valence-electron chi connectivity index (χ2n) is 9.41. The van der Waals surface area contributed by atoms with Crippen molar-refractivity contribution < 1.29 is 19.1 Å². The van der Waals surface area contributed by atoms with Gasteiger partial charge in [-0.05, 0) is 36.2 Å². The van der Waals surface area contributed by atoms with Crippen LogP contribution >= 0.6 is 0 Å². The monoisotopic (exact) mass is 482 g/mol. The van der Waals surface area contributed by atoms with Gasteiger partial charge in [0.1, 0.15) is 17.5 Å². The zero-order chi connectivity index (χ0) is 25.4. The van der Waals surface area contributed by atoms with E-state index in [0.29, 0.717) is 23.6 Å². The van der Waals surface area contributed by atoms with Crippen molar-refractivity contribution in [3.63, 3.8) is 0 Å². The molecule has 8 heteroatoms. The van der Waals surface area contributed by atoms with Crippen molar-refractivity contribution in [2.45, 2.75) is 33.0 Å². The van der Waals surface area contributed by atoms with E-state index < -0.39 is 6.04 Å². The molecule has 2 aromatic carbocycles. The van der Waals surface area contributed by atoms with E-state index in [0.717, 1.165) is 38.3 Å². The molecule has 2 N–H and O–H groups in total. The van der Waals surface area contributed by atoms with Crippen molar-refractivity contribution in [1.29, 1.82) is 0 Å². The van der Waals surface area contributed by atoms with Gasteiger partial charge in [0.05, 0.1) is 14.2 Å². The van der Waals surface area contributed by atoms with Crippen LogP contribution in [0.5, 0.6) is 11.5 Å². The van der Waals surface area contributed by atoms with Crippen LogP contribution in [0.4, 0.5) is 0 Å². The molecule has 0 aliphatic carbocycles. The molecule has 1 aliphatic rings. The van der Waals surface area contributed by atoms with Crippen LogP contribution in [-0.4, -0.2) is 75.1 Å². The topological polar surface area (TPSA) is 83.1 Å². The maximum Gasteiger partial charge on any atom is 0.252 e. The predicted octanol–water partition coefficient (Wildman–Crippen LogP) is 2.52. The molecule has 1 saturated heterocycles. The van der Waals surface area contributed by atoms with Crippen molar-refractivity contribution in [2.75, 3.05) is 47.4 Å². The Balaban J connectivity index is 1.60. The Morgan fingerprint density at radius 1 is 0.943 bits per heavy atom. The molecule has 2 aromatic rings. The summed E-state index contributed by atoms with van der Waals surface area (Å²) in [4.78, 5) is 30.7. The largest absolute Gasteiger partial charge is 0.497 e. The number of nitrogens with zero attached hydrogens (tertiary/aromatic N) is 2. The fourth-order valence-electron chi connectivity index (χ4n) is 4.10. The normalized spacial score (nSPS) is 15.5. The van der Waals surface area contributed by atoms with Gasteiger partial charge in [-0.2, -0.15) is 0 Å². The number of likely N-dealkylation sites (N-methyl/N-ethyl adjacent to an activating group) is 1. The third kappa shape index (κ3) is 7.70. The maximum absolute atomic E-state index is 13.0. The average Bonchev–Trinajstić information content (AvgIpc) is 2.86. The Hall–Kier alpha value is -3.10. The number of hydrogen-bond donors (Lipinski definition) is 2. The van der Waals surface area contributed by atoms with Crippen LogP contribution in [0, 0.1) is 5.92 Å². The number of ether oxygens (including phenoxy) is 2. The molecule has 190 valence electrons. The molecule has 0 saturated carbocycles. The van der Waals surface area contributed by atoms with Crippen LogP contribution in [0.2, 0.25) is 0 Å². The van der Waals surface area contributed by atoms with Crippen molar-refractivity contribution in [3.8, 4) is 11.5 Å². The first-order chi connectivity index (χ1) is 16.8. The maximum atomic E-state index is 13.0. The van der Waals surface area contributed by atoms with Gasteiger partial charge in [-0.1, -0.05) is 38.1 Å². The highest BCUT2D eigenvalue weighted by molar-refractivity contribution is 5.98. The smallest absolute Gasteiger partial charge is 0.252 e. The first-order valence-electron chi connectivity index (χ1n) is 12.1. The Kier molecular flexibility index (Phi) is 9.51. The second-order valence-corrected chi connectivity index (χ2v) is 9.41. The molecular formula is C27H38N4O4. The lowest BCUT2D eigenvalue weighted by Gasteiger charge is -2.32. The number of piperazine rings is 1. The third-order valence-electron chi connectivity index (χ3n) is 6.31. The number of hydrogen-bond acceptors (Lipinski definition) is 6. The van der Waals surface area contributed by atoms with Crippen molar-refractivity contribution in [2.24, 2.45) is 5.92 Å². The highest BCUT2D eigenvalue weighted by atomic mass is 16.5. The molecular weight excluding hydrogens is 444 g/mol. The molecule has 0 radical (unpaired) electrons. The lowest BCUT2D eigenvalue weighted by molar-refractivity contribution is -0.124. The summed E-state index contributed by atoms with van der Waals surface area (Å²) in [5.41, 5.74) is 2.65. The third-order valence-corrected chi connectivity index (χ3v) is 6.31. The fraction of sp³-hybridized carbons (Fsp3) is 0.481. The van der Waals surface area contributed by atoms with E-state index in [-0.39, 0.29) is 17.7 Å².